The highest BCUT2D eigenvalue weighted by Gasteiger charge is 2.20. The fourth-order valence-electron chi connectivity index (χ4n) is 2.68. The second-order valence-corrected chi connectivity index (χ2v) is 5.27. The molecule has 1 aromatic rings. The molecule has 0 amide bonds. The highest BCUT2D eigenvalue weighted by atomic mass is 16.5. The number of hydrogen-bond donors (Lipinski definition) is 1. The van der Waals surface area contributed by atoms with E-state index in [2.05, 4.69) is 29.6 Å². The van der Waals surface area contributed by atoms with Crippen molar-refractivity contribution in [3.8, 4) is 5.75 Å². The minimum absolute atomic E-state index is 0.485. The van der Waals surface area contributed by atoms with Gasteiger partial charge in [-0.05, 0) is 68.8 Å². The molecule has 3 rings (SSSR count). The number of hydrogen-bond acceptors (Lipinski definition) is 2. The van der Waals surface area contributed by atoms with Crippen LogP contribution >= 0.6 is 0 Å². The number of rotatable bonds is 3. The predicted molar refractivity (Wildman–Crippen MR) is 69.6 cm³/mol. The van der Waals surface area contributed by atoms with E-state index in [1.54, 1.807) is 0 Å². The smallest absolute Gasteiger partial charge is 0.119 e. The SMILES string of the molecule is c1cc(OC2CCC2)cc(C2CCNCC2)c1. The standard InChI is InChI=1S/C15H21NO/c1-3-13(12-7-9-16-10-8-12)11-15(6-1)17-14-4-2-5-14/h1,3,6,11-12,14,16H,2,4-5,7-10H2. The summed E-state index contributed by atoms with van der Waals surface area (Å²) in [5.41, 5.74) is 1.46. The second-order valence-electron chi connectivity index (χ2n) is 5.27. The third kappa shape index (κ3) is 2.63. The quantitative estimate of drug-likeness (QED) is 0.863. The Morgan fingerprint density at radius 2 is 1.88 bits per heavy atom. The molecule has 92 valence electrons. The van der Waals surface area contributed by atoms with Gasteiger partial charge in [0.1, 0.15) is 5.75 Å². The fraction of sp³-hybridized carbons (Fsp3) is 0.600. The minimum atomic E-state index is 0.485. The first-order valence-corrected chi connectivity index (χ1v) is 6.89. The summed E-state index contributed by atoms with van der Waals surface area (Å²) in [6.45, 7) is 2.30. The summed E-state index contributed by atoms with van der Waals surface area (Å²) in [6, 6.07) is 8.76. The minimum Gasteiger partial charge on any atom is -0.490 e. The molecule has 2 nitrogen and oxygen atoms in total. The molecule has 0 atom stereocenters. The van der Waals surface area contributed by atoms with Crippen molar-refractivity contribution in [1.82, 2.24) is 5.32 Å². The summed E-state index contributed by atoms with van der Waals surface area (Å²) in [6.07, 6.45) is 6.80. The summed E-state index contributed by atoms with van der Waals surface area (Å²) in [4.78, 5) is 0. The van der Waals surface area contributed by atoms with Crippen LogP contribution in [0.5, 0.6) is 5.75 Å². The Hall–Kier alpha value is -1.02. The van der Waals surface area contributed by atoms with Crippen LogP contribution in [-0.2, 0) is 0 Å². The third-order valence-corrected chi connectivity index (χ3v) is 4.02. The highest BCUT2D eigenvalue weighted by Crippen LogP contribution is 2.30. The topological polar surface area (TPSA) is 21.3 Å². The predicted octanol–water partition coefficient (Wildman–Crippen LogP) is 3.08. The van der Waals surface area contributed by atoms with Crippen LogP contribution in [0.25, 0.3) is 0 Å². The van der Waals surface area contributed by atoms with Crippen LogP contribution in [0.1, 0.15) is 43.6 Å². The zero-order valence-electron chi connectivity index (χ0n) is 10.3. The molecule has 2 fully saturated rings. The number of ether oxygens (including phenoxy) is 1. The van der Waals surface area contributed by atoms with Crippen LogP contribution in [0.4, 0.5) is 0 Å². The molecule has 1 aromatic carbocycles. The molecule has 17 heavy (non-hydrogen) atoms. The van der Waals surface area contributed by atoms with E-state index >= 15 is 0 Å². The molecular formula is C15H21NO. The molecule has 1 saturated carbocycles. The van der Waals surface area contributed by atoms with Crippen molar-refractivity contribution >= 4 is 0 Å². The van der Waals surface area contributed by atoms with E-state index in [1.807, 2.05) is 0 Å². The summed E-state index contributed by atoms with van der Waals surface area (Å²) in [5, 5.41) is 3.42. The number of benzene rings is 1. The Balaban J connectivity index is 1.68. The van der Waals surface area contributed by atoms with Gasteiger partial charge in [-0.2, -0.15) is 0 Å². The van der Waals surface area contributed by atoms with E-state index < -0.39 is 0 Å². The van der Waals surface area contributed by atoms with Crippen molar-refractivity contribution < 1.29 is 4.74 Å². The van der Waals surface area contributed by atoms with Gasteiger partial charge in [-0.15, -0.1) is 0 Å². The Morgan fingerprint density at radius 1 is 1.06 bits per heavy atom. The monoisotopic (exact) mass is 231 g/mol. The van der Waals surface area contributed by atoms with Crippen LogP contribution in [0, 0.1) is 0 Å². The Bertz CT molecular complexity index is 367. The molecule has 2 heteroatoms. The van der Waals surface area contributed by atoms with Crippen LogP contribution in [0.3, 0.4) is 0 Å². The van der Waals surface area contributed by atoms with E-state index in [0.29, 0.717) is 6.10 Å². The van der Waals surface area contributed by atoms with Gasteiger partial charge in [-0.3, -0.25) is 0 Å². The first kappa shape index (κ1) is 11.1. The first-order chi connectivity index (χ1) is 8.42. The summed E-state index contributed by atoms with van der Waals surface area (Å²) >= 11 is 0. The van der Waals surface area contributed by atoms with Gasteiger partial charge in [0.25, 0.3) is 0 Å². The number of piperidine rings is 1. The van der Waals surface area contributed by atoms with E-state index in [4.69, 9.17) is 4.74 Å². The van der Waals surface area contributed by atoms with Crippen molar-refractivity contribution in [3.63, 3.8) is 0 Å². The normalized spacial score (nSPS) is 22.1. The van der Waals surface area contributed by atoms with Crippen LogP contribution in [0.2, 0.25) is 0 Å². The van der Waals surface area contributed by atoms with Crippen molar-refractivity contribution in [1.29, 1.82) is 0 Å². The molecule has 0 radical (unpaired) electrons. The zero-order chi connectivity index (χ0) is 11.5. The lowest BCUT2D eigenvalue weighted by Gasteiger charge is -2.27. The van der Waals surface area contributed by atoms with Crippen molar-refractivity contribution in [2.45, 2.75) is 44.1 Å². The van der Waals surface area contributed by atoms with Crippen LogP contribution in [-0.4, -0.2) is 19.2 Å². The van der Waals surface area contributed by atoms with Gasteiger partial charge in [0.05, 0.1) is 6.10 Å². The van der Waals surface area contributed by atoms with Gasteiger partial charge in [0.2, 0.25) is 0 Å². The third-order valence-electron chi connectivity index (χ3n) is 4.02. The van der Waals surface area contributed by atoms with Crippen LogP contribution in [0.15, 0.2) is 24.3 Å². The maximum absolute atomic E-state index is 5.97. The van der Waals surface area contributed by atoms with Gasteiger partial charge < -0.3 is 10.1 Å². The lowest BCUT2D eigenvalue weighted by atomic mass is 9.90. The van der Waals surface area contributed by atoms with Gasteiger partial charge in [-0.25, -0.2) is 0 Å². The van der Waals surface area contributed by atoms with E-state index in [9.17, 15) is 0 Å². The molecule has 2 aliphatic rings. The highest BCUT2D eigenvalue weighted by molar-refractivity contribution is 5.31. The number of nitrogens with one attached hydrogen (secondary N) is 1. The molecular weight excluding hydrogens is 210 g/mol. The van der Waals surface area contributed by atoms with Crippen LogP contribution < -0.4 is 10.1 Å². The van der Waals surface area contributed by atoms with Gasteiger partial charge >= 0.3 is 0 Å². The average molecular weight is 231 g/mol. The molecule has 0 bridgehead atoms. The molecule has 0 unspecified atom stereocenters. The van der Waals surface area contributed by atoms with E-state index in [0.717, 1.165) is 24.8 Å². The molecule has 1 aliphatic carbocycles. The maximum atomic E-state index is 5.97. The summed E-state index contributed by atoms with van der Waals surface area (Å²) < 4.78 is 5.97. The Morgan fingerprint density at radius 3 is 2.59 bits per heavy atom. The van der Waals surface area contributed by atoms with Gasteiger partial charge in [0.15, 0.2) is 0 Å². The van der Waals surface area contributed by atoms with E-state index in [1.165, 1.54) is 37.7 Å². The molecule has 1 heterocycles. The second kappa shape index (κ2) is 5.09. The Kier molecular flexibility index (Phi) is 3.32. The average Bonchev–Trinajstić information content (AvgIpc) is 2.35. The first-order valence-electron chi connectivity index (χ1n) is 6.89. The molecule has 1 N–H and O–H groups in total. The van der Waals surface area contributed by atoms with Crippen molar-refractivity contribution in [3.05, 3.63) is 29.8 Å². The lowest BCUT2D eigenvalue weighted by Crippen LogP contribution is -2.27. The van der Waals surface area contributed by atoms with E-state index in [-0.39, 0.29) is 0 Å². The zero-order valence-corrected chi connectivity index (χ0v) is 10.3. The van der Waals surface area contributed by atoms with Crippen molar-refractivity contribution in [2.75, 3.05) is 13.1 Å². The maximum Gasteiger partial charge on any atom is 0.119 e. The summed E-state index contributed by atoms with van der Waals surface area (Å²) in [5.74, 6) is 1.80. The van der Waals surface area contributed by atoms with Gasteiger partial charge in [-0.1, -0.05) is 12.1 Å². The fourth-order valence-corrected chi connectivity index (χ4v) is 2.68. The molecule has 0 aromatic heterocycles. The molecule has 0 spiro atoms. The largest absolute Gasteiger partial charge is 0.490 e. The summed E-state index contributed by atoms with van der Waals surface area (Å²) in [7, 11) is 0. The molecule has 1 aliphatic heterocycles. The van der Waals surface area contributed by atoms with Gasteiger partial charge in [0, 0.05) is 0 Å². The lowest BCUT2D eigenvalue weighted by molar-refractivity contribution is 0.120. The Labute approximate surface area is 103 Å². The molecule has 1 saturated heterocycles. The van der Waals surface area contributed by atoms with Crippen molar-refractivity contribution in [2.24, 2.45) is 0 Å².